The van der Waals surface area contributed by atoms with Crippen molar-refractivity contribution >= 4 is 11.7 Å². The highest BCUT2D eigenvalue weighted by atomic mass is 16.5. The van der Waals surface area contributed by atoms with Crippen molar-refractivity contribution in [3.05, 3.63) is 64.1 Å². The highest BCUT2D eigenvalue weighted by Gasteiger charge is 2.23. The topological polar surface area (TPSA) is 82.2 Å². The van der Waals surface area contributed by atoms with Gasteiger partial charge in [0, 0.05) is 12.2 Å². The van der Waals surface area contributed by atoms with Crippen LogP contribution in [0.25, 0.3) is 5.69 Å². The van der Waals surface area contributed by atoms with E-state index in [0.29, 0.717) is 18.0 Å². The number of benzene rings is 2. The molecule has 0 atom stereocenters. The number of carbonyl (C=O) groups excluding carboxylic acids is 1. The SMILES string of the molecule is CCN(C(=O)n1nnn(-c2ccccc2OC)c1=O)c1cc(C)ccc1C. The number of nitrogens with zero attached hydrogens (tertiary/aromatic N) is 5. The van der Waals surface area contributed by atoms with Gasteiger partial charge in [0.1, 0.15) is 11.4 Å². The van der Waals surface area contributed by atoms with Crippen molar-refractivity contribution in [3.63, 3.8) is 0 Å². The first-order valence-electron chi connectivity index (χ1n) is 8.55. The number of hydrogen-bond acceptors (Lipinski definition) is 5. The summed E-state index contributed by atoms with van der Waals surface area (Å²) in [5.41, 5.74) is 2.45. The number of carbonyl (C=O) groups is 1. The van der Waals surface area contributed by atoms with E-state index in [0.717, 1.165) is 26.2 Å². The Kier molecular flexibility index (Phi) is 5.07. The third kappa shape index (κ3) is 3.33. The second-order valence-electron chi connectivity index (χ2n) is 6.07. The Labute approximate surface area is 156 Å². The van der Waals surface area contributed by atoms with Gasteiger partial charge in [-0.1, -0.05) is 24.3 Å². The zero-order chi connectivity index (χ0) is 19.6. The van der Waals surface area contributed by atoms with Crippen LogP contribution in [0.5, 0.6) is 5.75 Å². The van der Waals surface area contributed by atoms with Crippen LogP contribution < -0.4 is 15.3 Å². The lowest BCUT2D eigenvalue weighted by Gasteiger charge is -2.22. The molecule has 0 aliphatic rings. The van der Waals surface area contributed by atoms with Crippen molar-refractivity contribution in [2.45, 2.75) is 20.8 Å². The lowest BCUT2D eigenvalue weighted by Crippen LogP contribution is -2.41. The maximum atomic E-state index is 13.0. The third-order valence-corrected chi connectivity index (χ3v) is 4.28. The Morgan fingerprint density at radius 3 is 2.59 bits per heavy atom. The first-order chi connectivity index (χ1) is 13.0. The smallest absolute Gasteiger partial charge is 0.377 e. The molecule has 0 N–H and O–H groups in total. The number of aryl methyl sites for hydroxylation is 2. The fourth-order valence-corrected chi connectivity index (χ4v) is 2.86. The summed E-state index contributed by atoms with van der Waals surface area (Å²) < 4.78 is 7.07. The first-order valence-corrected chi connectivity index (χ1v) is 8.55. The molecule has 1 amide bonds. The molecule has 2 aromatic carbocycles. The van der Waals surface area contributed by atoms with Crippen LogP contribution in [0.2, 0.25) is 0 Å². The van der Waals surface area contributed by atoms with Crippen LogP contribution in [0.15, 0.2) is 47.3 Å². The molecule has 8 nitrogen and oxygen atoms in total. The largest absolute Gasteiger partial charge is 0.494 e. The molecule has 0 aliphatic carbocycles. The number of para-hydroxylation sites is 2. The third-order valence-electron chi connectivity index (χ3n) is 4.28. The molecule has 0 bridgehead atoms. The van der Waals surface area contributed by atoms with Crippen molar-refractivity contribution < 1.29 is 9.53 Å². The first kappa shape index (κ1) is 18.4. The van der Waals surface area contributed by atoms with Gasteiger partial charge in [-0.25, -0.2) is 9.59 Å². The summed E-state index contributed by atoms with van der Waals surface area (Å²) in [5, 5.41) is 7.64. The van der Waals surface area contributed by atoms with Gasteiger partial charge in [-0.2, -0.15) is 4.68 Å². The number of hydrogen-bond donors (Lipinski definition) is 0. The predicted octanol–water partition coefficient (Wildman–Crippen LogP) is 2.55. The van der Waals surface area contributed by atoms with Crippen LogP contribution in [0.1, 0.15) is 18.1 Å². The molecule has 140 valence electrons. The molecule has 1 aromatic heterocycles. The minimum Gasteiger partial charge on any atom is -0.494 e. The zero-order valence-corrected chi connectivity index (χ0v) is 15.7. The molecule has 27 heavy (non-hydrogen) atoms. The Bertz CT molecular complexity index is 1040. The Morgan fingerprint density at radius 1 is 1.15 bits per heavy atom. The van der Waals surface area contributed by atoms with Crippen molar-refractivity contribution in [2.75, 3.05) is 18.6 Å². The van der Waals surface area contributed by atoms with Gasteiger partial charge in [0.05, 0.1) is 7.11 Å². The average molecular weight is 367 g/mol. The zero-order valence-electron chi connectivity index (χ0n) is 15.7. The molecule has 0 unspecified atom stereocenters. The molecule has 0 aliphatic heterocycles. The Hall–Kier alpha value is -3.42. The number of tetrazole rings is 1. The normalized spacial score (nSPS) is 10.7. The van der Waals surface area contributed by atoms with E-state index in [1.54, 1.807) is 24.3 Å². The number of aromatic nitrogens is 4. The number of methoxy groups -OCH3 is 1. The second kappa shape index (κ2) is 7.45. The fourth-order valence-electron chi connectivity index (χ4n) is 2.86. The van der Waals surface area contributed by atoms with E-state index in [2.05, 4.69) is 10.4 Å². The molecule has 3 aromatic rings. The van der Waals surface area contributed by atoms with Crippen LogP contribution in [0, 0.1) is 13.8 Å². The van der Waals surface area contributed by atoms with E-state index in [1.165, 1.54) is 12.0 Å². The summed E-state index contributed by atoms with van der Waals surface area (Å²) in [4.78, 5) is 27.3. The van der Waals surface area contributed by atoms with E-state index < -0.39 is 11.7 Å². The standard InChI is InChI=1S/C19H21N5O3/c1-5-22(16-12-13(2)10-11-14(16)3)18(25)24-19(26)23(20-21-24)15-8-6-7-9-17(15)27-4/h6-12H,5H2,1-4H3. The van der Waals surface area contributed by atoms with Crippen molar-refractivity contribution in [2.24, 2.45) is 0 Å². The lowest BCUT2D eigenvalue weighted by molar-refractivity contribution is 0.244. The minimum absolute atomic E-state index is 0.386. The average Bonchev–Trinajstić information content (AvgIpc) is 3.06. The molecule has 0 saturated carbocycles. The van der Waals surface area contributed by atoms with Gasteiger partial charge < -0.3 is 4.74 Å². The summed E-state index contributed by atoms with van der Waals surface area (Å²) in [6.45, 7) is 6.09. The van der Waals surface area contributed by atoms with Crippen molar-refractivity contribution in [3.8, 4) is 11.4 Å². The predicted molar refractivity (Wildman–Crippen MR) is 102 cm³/mol. The van der Waals surface area contributed by atoms with E-state index >= 15 is 0 Å². The second-order valence-corrected chi connectivity index (χ2v) is 6.07. The molecular weight excluding hydrogens is 346 g/mol. The highest BCUT2D eigenvalue weighted by molar-refractivity contribution is 5.93. The van der Waals surface area contributed by atoms with Gasteiger partial charge in [0.25, 0.3) is 0 Å². The van der Waals surface area contributed by atoms with Gasteiger partial charge in [-0.3, -0.25) is 4.90 Å². The van der Waals surface area contributed by atoms with E-state index in [-0.39, 0.29) is 0 Å². The van der Waals surface area contributed by atoms with Gasteiger partial charge in [-0.15, -0.1) is 4.68 Å². The van der Waals surface area contributed by atoms with Crippen LogP contribution in [-0.4, -0.2) is 39.5 Å². The van der Waals surface area contributed by atoms with Crippen molar-refractivity contribution in [1.82, 2.24) is 19.8 Å². The summed E-state index contributed by atoms with van der Waals surface area (Å²) >= 11 is 0. The van der Waals surface area contributed by atoms with Crippen LogP contribution in [0.4, 0.5) is 10.5 Å². The van der Waals surface area contributed by atoms with E-state index in [1.807, 2.05) is 39.0 Å². The number of anilines is 1. The quantitative estimate of drug-likeness (QED) is 0.662. The molecule has 0 saturated heterocycles. The molecule has 3 rings (SSSR count). The molecule has 0 fully saturated rings. The van der Waals surface area contributed by atoms with E-state index in [9.17, 15) is 9.59 Å². The molecule has 0 spiro atoms. The van der Waals surface area contributed by atoms with Gasteiger partial charge in [0.15, 0.2) is 0 Å². The minimum atomic E-state index is -0.659. The Morgan fingerprint density at radius 2 is 1.89 bits per heavy atom. The molecule has 8 heteroatoms. The summed E-state index contributed by atoms with van der Waals surface area (Å²) in [7, 11) is 1.50. The monoisotopic (exact) mass is 367 g/mol. The summed E-state index contributed by atoms with van der Waals surface area (Å²) in [5.74, 6) is 0.459. The van der Waals surface area contributed by atoms with Gasteiger partial charge >= 0.3 is 11.7 Å². The Balaban J connectivity index is 2.04. The maximum Gasteiger partial charge on any atom is 0.377 e. The summed E-state index contributed by atoms with van der Waals surface area (Å²) in [6.07, 6.45) is 0. The molecule has 0 radical (unpaired) electrons. The summed E-state index contributed by atoms with van der Waals surface area (Å²) in [6, 6.07) is 12.2. The van der Waals surface area contributed by atoms with Gasteiger partial charge in [-0.05, 0) is 60.5 Å². The fraction of sp³-hybridized carbons (Fsp3) is 0.263. The molecular formula is C19H21N5O3. The van der Waals surface area contributed by atoms with Crippen LogP contribution in [-0.2, 0) is 0 Å². The number of ether oxygens (including phenoxy) is 1. The lowest BCUT2D eigenvalue weighted by atomic mass is 10.1. The van der Waals surface area contributed by atoms with Crippen molar-refractivity contribution in [1.29, 1.82) is 0 Å². The van der Waals surface area contributed by atoms with Gasteiger partial charge in [0.2, 0.25) is 0 Å². The number of amides is 1. The van der Waals surface area contributed by atoms with Crippen LogP contribution >= 0.6 is 0 Å². The highest BCUT2D eigenvalue weighted by Crippen LogP contribution is 2.22. The number of rotatable bonds is 4. The molecule has 1 heterocycles. The van der Waals surface area contributed by atoms with Crippen LogP contribution in [0.3, 0.4) is 0 Å². The van der Waals surface area contributed by atoms with E-state index in [4.69, 9.17) is 4.74 Å². The maximum absolute atomic E-state index is 13.0.